The lowest BCUT2D eigenvalue weighted by molar-refractivity contribution is -0.114. The maximum atomic E-state index is 13.2. The average molecular weight is 436 g/mol. The Labute approximate surface area is 183 Å². The molecule has 0 spiro atoms. The first kappa shape index (κ1) is 20.1. The third-order valence-corrected chi connectivity index (χ3v) is 5.98. The molecule has 0 radical (unpaired) electrons. The first-order valence-corrected chi connectivity index (χ1v) is 10.4. The van der Waals surface area contributed by atoms with Gasteiger partial charge < -0.3 is 4.74 Å². The van der Waals surface area contributed by atoms with Crippen LogP contribution in [0.25, 0.3) is 16.3 Å². The first-order chi connectivity index (χ1) is 14.7. The molecular weight excluding hydrogens is 418 g/mol. The number of thiazole rings is 1. The quantitative estimate of drug-likeness (QED) is 0.370. The van der Waals surface area contributed by atoms with Crippen molar-refractivity contribution in [3.8, 4) is 5.75 Å². The Hall–Kier alpha value is -3.22. The van der Waals surface area contributed by atoms with Crippen molar-refractivity contribution >= 4 is 50.3 Å². The number of hydrogen-bond donors (Lipinski definition) is 0. The molecule has 4 rings (SSSR count). The highest BCUT2D eigenvalue weighted by molar-refractivity contribution is 7.23. The summed E-state index contributed by atoms with van der Waals surface area (Å²) in [6.07, 6.45) is 6.78. The van der Waals surface area contributed by atoms with Gasteiger partial charge in [0.25, 0.3) is 5.91 Å². The molecule has 30 heavy (non-hydrogen) atoms. The van der Waals surface area contributed by atoms with E-state index in [1.165, 1.54) is 11.3 Å². The molecule has 4 aromatic rings. The maximum absolute atomic E-state index is 13.2. The number of carbonyl (C=O) groups is 1. The number of benzene rings is 2. The molecule has 0 saturated carbocycles. The molecule has 1 amide bonds. The van der Waals surface area contributed by atoms with E-state index in [9.17, 15) is 4.79 Å². The van der Waals surface area contributed by atoms with Crippen LogP contribution in [0.2, 0.25) is 5.02 Å². The summed E-state index contributed by atoms with van der Waals surface area (Å²) in [5.41, 5.74) is 2.48. The molecule has 0 aliphatic carbocycles. The fraction of sp³-hybridized carbons (Fsp3) is 0.0870. The Balaban J connectivity index is 1.73. The van der Waals surface area contributed by atoms with E-state index in [4.69, 9.17) is 16.3 Å². The van der Waals surface area contributed by atoms with Crippen LogP contribution in [0.1, 0.15) is 11.1 Å². The molecule has 0 N–H and O–H groups in total. The van der Waals surface area contributed by atoms with E-state index < -0.39 is 0 Å². The van der Waals surface area contributed by atoms with Crippen molar-refractivity contribution < 1.29 is 9.53 Å². The van der Waals surface area contributed by atoms with Gasteiger partial charge in [0.15, 0.2) is 5.13 Å². The predicted molar refractivity (Wildman–Crippen MR) is 122 cm³/mol. The molecule has 0 atom stereocenters. The lowest BCUT2D eigenvalue weighted by Gasteiger charge is -2.18. The summed E-state index contributed by atoms with van der Waals surface area (Å²) in [6, 6.07) is 17.0. The Kier molecular flexibility index (Phi) is 6.07. The maximum Gasteiger partial charge on any atom is 0.253 e. The predicted octanol–water partition coefficient (Wildman–Crippen LogP) is 5.60. The number of amides is 1. The van der Waals surface area contributed by atoms with E-state index in [2.05, 4.69) is 9.97 Å². The minimum Gasteiger partial charge on any atom is -0.494 e. The summed E-state index contributed by atoms with van der Waals surface area (Å²) in [4.78, 5) is 23.6. The Bertz CT molecular complexity index is 1190. The van der Waals surface area contributed by atoms with Gasteiger partial charge in [-0.2, -0.15) is 0 Å². The van der Waals surface area contributed by atoms with Crippen molar-refractivity contribution in [3.05, 3.63) is 89.2 Å². The molecular formula is C23H18ClN3O2S. The van der Waals surface area contributed by atoms with Crippen molar-refractivity contribution in [1.29, 1.82) is 0 Å². The number of pyridine rings is 1. The molecule has 2 aromatic heterocycles. The van der Waals surface area contributed by atoms with Crippen LogP contribution in [-0.4, -0.2) is 23.0 Å². The molecule has 0 bridgehead atoms. The van der Waals surface area contributed by atoms with Crippen molar-refractivity contribution in [2.75, 3.05) is 12.0 Å². The van der Waals surface area contributed by atoms with Gasteiger partial charge >= 0.3 is 0 Å². The van der Waals surface area contributed by atoms with Crippen molar-refractivity contribution in [2.45, 2.75) is 6.54 Å². The summed E-state index contributed by atoms with van der Waals surface area (Å²) < 4.78 is 6.20. The monoisotopic (exact) mass is 435 g/mol. The number of fused-ring (bicyclic) bond motifs is 1. The van der Waals surface area contributed by atoms with Gasteiger partial charge in [-0.1, -0.05) is 59.3 Å². The fourth-order valence-corrected chi connectivity index (χ4v) is 4.22. The molecule has 7 heteroatoms. The van der Waals surface area contributed by atoms with Crippen molar-refractivity contribution in [2.24, 2.45) is 0 Å². The summed E-state index contributed by atoms with van der Waals surface area (Å²) in [6.45, 7) is 0.339. The van der Waals surface area contributed by atoms with Gasteiger partial charge in [-0.25, -0.2) is 4.98 Å². The van der Waals surface area contributed by atoms with Crippen molar-refractivity contribution in [1.82, 2.24) is 9.97 Å². The minimum absolute atomic E-state index is 0.183. The SMILES string of the molecule is COc1ccc(Cl)c2sc(N(Cc3cccnc3)C(=O)/C=C/c3ccccc3)nc12. The van der Waals surface area contributed by atoms with Crippen LogP contribution in [0.5, 0.6) is 5.75 Å². The van der Waals surface area contributed by atoms with Crippen LogP contribution < -0.4 is 9.64 Å². The zero-order valence-electron chi connectivity index (χ0n) is 16.2. The number of halogens is 1. The molecule has 2 aromatic carbocycles. The van der Waals surface area contributed by atoms with Crippen LogP contribution >= 0.6 is 22.9 Å². The second-order valence-corrected chi connectivity index (χ2v) is 7.84. The van der Waals surface area contributed by atoms with Crippen LogP contribution in [0.3, 0.4) is 0 Å². The summed E-state index contributed by atoms with van der Waals surface area (Å²) in [5.74, 6) is 0.433. The smallest absolute Gasteiger partial charge is 0.253 e. The van der Waals surface area contributed by atoms with Crippen LogP contribution in [0, 0.1) is 0 Å². The largest absolute Gasteiger partial charge is 0.494 e. The number of anilines is 1. The lowest BCUT2D eigenvalue weighted by atomic mass is 10.2. The highest BCUT2D eigenvalue weighted by Gasteiger charge is 2.21. The van der Waals surface area contributed by atoms with Gasteiger partial charge in [-0.3, -0.25) is 14.7 Å². The van der Waals surface area contributed by atoms with E-state index in [1.54, 1.807) is 48.7 Å². The highest BCUT2D eigenvalue weighted by atomic mass is 35.5. The van der Waals surface area contributed by atoms with E-state index in [1.807, 2.05) is 42.5 Å². The molecule has 0 unspecified atom stereocenters. The molecule has 0 saturated heterocycles. The van der Waals surface area contributed by atoms with Crippen LogP contribution in [0.4, 0.5) is 5.13 Å². The second kappa shape index (κ2) is 9.07. The Morgan fingerprint density at radius 1 is 1.17 bits per heavy atom. The summed E-state index contributed by atoms with van der Waals surface area (Å²) in [5, 5.41) is 1.12. The summed E-state index contributed by atoms with van der Waals surface area (Å²) in [7, 11) is 1.59. The van der Waals surface area contributed by atoms with Gasteiger partial charge in [-0.15, -0.1) is 0 Å². The molecule has 2 heterocycles. The first-order valence-electron chi connectivity index (χ1n) is 9.22. The third kappa shape index (κ3) is 4.35. The highest BCUT2D eigenvalue weighted by Crippen LogP contribution is 2.39. The second-order valence-electron chi connectivity index (χ2n) is 6.45. The minimum atomic E-state index is -0.183. The van der Waals surface area contributed by atoms with E-state index >= 15 is 0 Å². The standard InChI is InChI=1S/C23H18ClN3O2S/c1-29-19-11-10-18(24)22-21(19)26-23(30-22)27(15-17-8-5-13-25-14-17)20(28)12-9-16-6-3-2-4-7-16/h2-14H,15H2,1H3/b12-9+. The Morgan fingerprint density at radius 2 is 2.00 bits per heavy atom. The number of ether oxygens (including phenoxy) is 1. The van der Waals surface area contributed by atoms with Gasteiger partial charge in [0.05, 0.1) is 23.4 Å². The lowest BCUT2D eigenvalue weighted by Crippen LogP contribution is -2.28. The molecule has 0 fully saturated rings. The summed E-state index contributed by atoms with van der Waals surface area (Å²) >= 11 is 7.73. The number of nitrogens with zero attached hydrogens (tertiary/aromatic N) is 3. The van der Waals surface area contributed by atoms with E-state index in [-0.39, 0.29) is 5.91 Å². The van der Waals surface area contributed by atoms with Gasteiger partial charge in [0.2, 0.25) is 0 Å². The normalized spacial score (nSPS) is 11.1. The average Bonchev–Trinajstić information content (AvgIpc) is 3.24. The van der Waals surface area contributed by atoms with E-state index in [0.717, 1.165) is 15.8 Å². The number of rotatable bonds is 6. The fourth-order valence-electron chi connectivity index (χ4n) is 2.96. The molecule has 0 aliphatic heterocycles. The zero-order valence-corrected chi connectivity index (χ0v) is 17.7. The van der Waals surface area contributed by atoms with Crippen LogP contribution in [-0.2, 0) is 11.3 Å². The number of hydrogen-bond acceptors (Lipinski definition) is 5. The van der Waals surface area contributed by atoms with Gasteiger partial charge in [0.1, 0.15) is 11.3 Å². The number of aromatic nitrogens is 2. The zero-order chi connectivity index (χ0) is 20.9. The van der Waals surface area contributed by atoms with E-state index in [0.29, 0.717) is 28.0 Å². The number of methoxy groups -OCH3 is 1. The number of carbonyl (C=O) groups excluding carboxylic acids is 1. The third-order valence-electron chi connectivity index (χ3n) is 4.45. The van der Waals surface area contributed by atoms with Crippen LogP contribution in [0.15, 0.2) is 73.1 Å². The van der Waals surface area contributed by atoms with Gasteiger partial charge in [-0.05, 0) is 35.4 Å². The van der Waals surface area contributed by atoms with Gasteiger partial charge in [0, 0.05) is 18.5 Å². The topological polar surface area (TPSA) is 55.3 Å². The molecule has 0 aliphatic rings. The molecule has 150 valence electrons. The molecule has 5 nitrogen and oxygen atoms in total. The van der Waals surface area contributed by atoms with Crippen molar-refractivity contribution in [3.63, 3.8) is 0 Å². The Morgan fingerprint density at radius 3 is 2.73 bits per heavy atom.